The van der Waals surface area contributed by atoms with Gasteiger partial charge in [0, 0.05) is 0 Å². The molecule has 0 aliphatic rings. The van der Waals surface area contributed by atoms with E-state index in [2.05, 4.69) is 13.6 Å². The first-order valence-corrected chi connectivity index (χ1v) is 5.36. The van der Waals surface area contributed by atoms with E-state index < -0.39 is 47.7 Å². The molecule has 0 radical (unpaired) electrons. The Balaban J connectivity index is 3.97. The molecule has 0 bridgehead atoms. The van der Waals surface area contributed by atoms with Crippen LogP contribution in [0.3, 0.4) is 0 Å². The van der Waals surface area contributed by atoms with Gasteiger partial charge in [0.05, 0.1) is 19.8 Å². The van der Waals surface area contributed by atoms with E-state index in [4.69, 9.17) is 0 Å². The molecule has 0 aromatic heterocycles. The summed E-state index contributed by atoms with van der Waals surface area (Å²) in [5.41, 5.74) is 0. The van der Waals surface area contributed by atoms with Crippen molar-refractivity contribution in [3.63, 3.8) is 0 Å². The largest absolute Gasteiger partial charge is 0.475 e. The van der Waals surface area contributed by atoms with Crippen LogP contribution < -0.4 is 0 Å². The number of alkyl halides is 3. The van der Waals surface area contributed by atoms with Crippen LogP contribution in [0.4, 0.5) is 13.2 Å². The fourth-order valence-electron chi connectivity index (χ4n) is 0.551. The summed E-state index contributed by atoms with van der Waals surface area (Å²) in [6.07, 6.45) is 0. The van der Waals surface area contributed by atoms with E-state index in [0.29, 0.717) is 0 Å². The molecule has 14 heavy (non-hydrogen) atoms. The highest BCUT2D eigenvalue weighted by Gasteiger charge is 2.26. The van der Waals surface area contributed by atoms with Gasteiger partial charge >= 0.3 is 7.82 Å². The van der Waals surface area contributed by atoms with Crippen molar-refractivity contribution in [1.82, 2.24) is 0 Å². The minimum absolute atomic E-state index is 0.504. The van der Waals surface area contributed by atoms with Gasteiger partial charge in [-0.3, -0.25) is 13.6 Å². The molecule has 0 amide bonds. The monoisotopic (exact) mass is 236 g/mol. The van der Waals surface area contributed by atoms with E-state index >= 15 is 0 Å². The van der Waals surface area contributed by atoms with Crippen LogP contribution in [0.15, 0.2) is 0 Å². The van der Waals surface area contributed by atoms with Crippen LogP contribution in [0.1, 0.15) is 0 Å². The summed E-state index contributed by atoms with van der Waals surface area (Å²) in [4.78, 5) is 0. The number of halogens is 3. The van der Waals surface area contributed by atoms with E-state index in [1.807, 2.05) is 0 Å². The van der Waals surface area contributed by atoms with Crippen LogP contribution in [-0.2, 0) is 18.1 Å². The standard InChI is InChI=1S/C6H12F3O4P/c7-1-4-11-14(10,12-5-2-8)13-6-3-9/h1-6H2. The number of phosphoric acid groups is 1. The molecule has 4 nitrogen and oxygen atoms in total. The van der Waals surface area contributed by atoms with Crippen molar-refractivity contribution in [2.75, 3.05) is 39.8 Å². The van der Waals surface area contributed by atoms with Gasteiger partial charge in [0.2, 0.25) is 0 Å². The number of hydrogen-bond acceptors (Lipinski definition) is 4. The van der Waals surface area contributed by atoms with Gasteiger partial charge in [0.25, 0.3) is 0 Å². The highest BCUT2D eigenvalue weighted by Crippen LogP contribution is 2.49. The number of hydrogen-bond donors (Lipinski definition) is 0. The highest BCUT2D eigenvalue weighted by atomic mass is 31.2. The van der Waals surface area contributed by atoms with Crippen molar-refractivity contribution in [1.29, 1.82) is 0 Å². The van der Waals surface area contributed by atoms with E-state index in [1.165, 1.54) is 0 Å². The zero-order chi connectivity index (χ0) is 10.9. The minimum Gasteiger partial charge on any atom is -0.284 e. The molecular formula is C6H12F3O4P. The smallest absolute Gasteiger partial charge is 0.284 e. The Morgan fingerprint density at radius 1 is 0.786 bits per heavy atom. The normalized spacial score (nSPS) is 11.9. The first-order chi connectivity index (χ1) is 6.68. The number of phosphoric ester groups is 1. The molecular weight excluding hydrogens is 224 g/mol. The van der Waals surface area contributed by atoms with Crippen LogP contribution >= 0.6 is 7.82 Å². The molecule has 0 aliphatic carbocycles. The van der Waals surface area contributed by atoms with E-state index in [0.717, 1.165) is 0 Å². The maximum absolute atomic E-state index is 11.7. The average molecular weight is 236 g/mol. The average Bonchev–Trinajstić information content (AvgIpc) is 2.21. The van der Waals surface area contributed by atoms with Crippen molar-refractivity contribution < 1.29 is 31.3 Å². The fraction of sp³-hybridized carbons (Fsp3) is 1.00. The van der Waals surface area contributed by atoms with Gasteiger partial charge in [-0.2, -0.15) is 0 Å². The van der Waals surface area contributed by atoms with Gasteiger partial charge in [-0.25, -0.2) is 17.7 Å². The summed E-state index contributed by atoms with van der Waals surface area (Å²) in [6, 6.07) is 0. The maximum Gasteiger partial charge on any atom is 0.475 e. The summed E-state index contributed by atoms with van der Waals surface area (Å²) in [5.74, 6) is 0. The maximum atomic E-state index is 11.7. The molecule has 0 spiro atoms. The van der Waals surface area contributed by atoms with Crippen molar-refractivity contribution in [2.24, 2.45) is 0 Å². The molecule has 0 rings (SSSR count). The third-order valence-corrected chi connectivity index (χ3v) is 2.48. The third kappa shape index (κ3) is 6.37. The molecule has 0 aromatic rings. The summed E-state index contributed by atoms with van der Waals surface area (Å²) in [7, 11) is -3.99. The lowest BCUT2D eigenvalue weighted by Gasteiger charge is -2.15. The van der Waals surface area contributed by atoms with Gasteiger partial charge in [0.15, 0.2) is 0 Å². The van der Waals surface area contributed by atoms with Gasteiger partial charge in [-0.15, -0.1) is 0 Å². The van der Waals surface area contributed by atoms with E-state index in [9.17, 15) is 17.7 Å². The van der Waals surface area contributed by atoms with Crippen LogP contribution in [0.25, 0.3) is 0 Å². The molecule has 0 fully saturated rings. The first-order valence-electron chi connectivity index (χ1n) is 3.90. The Labute approximate surface area is 80.0 Å². The second-order valence-electron chi connectivity index (χ2n) is 2.01. The SMILES string of the molecule is O=P(OCCF)(OCCF)OCCF. The second kappa shape index (κ2) is 8.23. The Morgan fingerprint density at radius 2 is 1.07 bits per heavy atom. The van der Waals surface area contributed by atoms with Gasteiger partial charge in [-0.1, -0.05) is 0 Å². The molecule has 0 N–H and O–H groups in total. The molecule has 0 atom stereocenters. The molecule has 8 heteroatoms. The minimum atomic E-state index is -3.99. The Bertz CT molecular complexity index is 152. The van der Waals surface area contributed by atoms with Gasteiger partial charge in [-0.05, 0) is 0 Å². The zero-order valence-electron chi connectivity index (χ0n) is 7.46. The highest BCUT2D eigenvalue weighted by molar-refractivity contribution is 7.48. The Hall–Kier alpha value is -0.100. The molecule has 0 aliphatic heterocycles. The van der Waals surface area contributed by atoms with Crippen LogP contribution in [0, 0.1) is 0 Å². The lowest BCUT2D eigenvalue weighted by Crippen LogP contribution is -2.06. The summed E-state index contributed by atoms with van der Waals surface area (Å²) < 4.78 is 59.5. The van der Waals surface area contributed by atoms with Gasteiger partial charge in [0.1, 0.15) is 20.0 Å². The van der Waals surface area contributed by atoms with Crippen LogP contribution in [-0.4, -0.2) is 39.8 Å². The van der Waals surface area contributed by atoms with E-state index in [1.54, 1.807) is 0 Å². The van der Waals surface area contributed by atoms with Crippen molar-refractivity contribution in [2.45, 2.75) is 0 Å². The molecule has 0 saturated carbocycles. The van der Waals surface area contributed by atoms with Crippen molar-refractivity contribution in [3.05, 3.63) is 0 Å². The Kier molecular flexibility index (Phi) is 8.17. The zero-order valence-corrected chi connectivity index (χ0v) is 8.35. The lowest BCUT2D eigenvalue weighted by atomic mass is 10.8. The van der Waals surface area contributed by atoms with Crippen LogP contribution in [0.5, 0.6) is 0 Å². The summed E-state index contributed by atoms with van der Waals surface area (Å²) in [5, 5.41) is 0. The first kappa shape index (κ1) is 13.9. The molecule has 0 aromatic carbocycles. The fourth-order valence-corrected chi connectivity index (χ4v) is 1.65. The van der Waals surface area contributed by atoms with E-state index in [-0.39, 0.29) is 0 Å². The lowest BCUT2D eigenvalue weighted by molar-refractivity contribution is 0.0979. The van der Waals surface area contributed by atoms with Crippen molar-refractivity contribution in [3.8, 4) is 0 Å². The quantitative estimate of drug-likeness (QED) is 0.575. The third-order valence-electron chi connectivity index (χ3n) is 0.980. The molecule has 0 saturated heterocycles. The predicted octanol–water partition coefficient (Wildman–Crippen LogP) is 2.05. The molecule has 0 unspecified atom stereocenters. The summed E-state index contributed by atoms with van der Waals surface area (Å²) in [6.45, 7) is -4.17. The molecule has 0 heterocycles. The summed E-state index contributed by atoms with van der Waals surface area (Å²) >= 11 is 0. The second-order valence-corrected chi connectivity index (χ2v) is 3.68. The number of rotatable bonds is 9. The Morgan fingerprint density at radius 3 is 1.29 bits per heavy atom. The van der Waals surface area contributed by atoms with Crippen molar-refractivity contribution >= 4 is 7.82 Å². The van der Waals surface area contributed by atoms with Crippen LogP contribution in [0.2, 0.25) is 0 Å². The van der Waals surface area contributed by atoms with Gasteiger partial charge < -0.3 is 0 Å². The topological polar surface area (TPSA) is 44.8 Å². The molecule has 86 valence electrons. The predicted molar refractivity (Wildman–Crippen MR) is 43.4 cm³/mol.